The Bertz CT molecular complexity index is 1130. The molecule has 0 bridgehead atoms. The lowest BCUT2D eigenvalue weighted by Gasteiger charge is -2.55. The van der Waals surface area contributed by atoms with Crippen molar-refractivity contribution in [3.8, 4) is 5.75 Å². The molecule has 3 aliphatic rings. The molecule has 3 fully saturated rings. The minimum Gasteiger partial charge on any atom is -0.427 e. The number of unbranched alkanes of at least 4 members (excludes halogenated alkanes) is 2. The van der Waals surface area contributed by atoms with E-state index in [9.17, 15) is 9.59 Å². The van der Waals surface area contributed by atoms with Gasteiger partial charge in [0.25, 0.3) is 0 Å². The van der Waals surface area contributed by atoms with Crippen LogP contribution in [0.15, 0.2) is 54.6 Å². The summed E-state index contributed by atoms with van der Waals surface area (Å²) in [5.74, 6) is 2.05. The summed E-state index contributed by atoms with van der Waals surface area (Å²) in [7, 11) is 2.46. The van der Waals surface area contributed by atoms with Crippen LogP contribution in [0, 0.1) is 11.8 Å². The van der Waals surface area contributed by atoms with Crippen molar-refractivity contribution >= 4 is 11.9 Å². The fourth-order valence-corrected chi connectivity index (χ4v) is 7.53. The Morgan fingerprint density at radius 1 is 1.00 bits per heavy atom. The molecule has 1 saturated heterocycles. The molecule has 2 aromatic rings. The Morgan fingerprint density at radius 3 is 2.59 bits per heavy atom. The third kappa shape index (κ3) is 7.30. The Balaban J connectivity index is 1.22. The number of piperidine rings is 1. The molecule has 0 spiro atoms. The lowest BCUT2D eigenvalue weighted by Crippen LogP contribution is -2.62. The van der Waals surface area contributed by atoms with Gasteiger partial charge in [-0.05, 0) is 74.6 Å². The highest BCUT2D eigenvalue weighted by atomic mass is 16.5. The summed E-state index contributed by atoms with van der Waals surface area (Å²) in [5, 5.41) is 3.44. The number of hydrogen-bond acceptors (Lipinski definition) is 3. The fourth-order valence-electron chi connectivity index (χ4n) is 7.53. The predicted octanol–water partition coefficient (Wildman–Crippen LogP) is 6.20. The molecule has 210 valence electrons. The number of likely N-dealkylation sites (tertiary alicyclic amines) is 1. The number of carbonyl (C=O) groups excluding carboxylic acids is 2. The number of esters is 1. The lowest BCUT2D eigenvalue weighted by molar-refractivity contribution is -0.921. The maximum atomic E-state index is 13.0. The fraction of sp³-hybridized carbons (Fsp3) is 0.588. The van der Waals surface area contributed by atoms with Gasteiger partial charge in [0.2, 0.25) is 5.91 Å². The quantitative estimate of drug-likeness (QED) is 0.163. The monoisotopic (exact) mass is 531 g/mol. The summed E-state index contributed by atoms with van der Waals surface area (Å²) >= 11 is 0. The van der Waals surface area contributed by atoms with Crippen molar-refractivity contribution < 1.29 is 18.8 Å². The van der Waals surface area contributed by atoms with Gasteiger partial charge in [-0.15, -0.1) is 0 Å². The molecule has 1 N–H and O–H groups in total. The highest BCUT2D eigenvalue weighted by molar-refractivity contribution is 5.76. The van der Waals surface area contributed by atoms with Crippen LogP contribution in [-0.2, 0) is 21.4 Å². The molecule has 2 aliphatic carbocycles. The zero-order valence-corrected chi connectivity index (χ0v) is 24.0. The Labute approximate surface area is 234 Å². The maximum absolute atomic E-state index is 13.0. The number of aryl methyl sites for hydroxylation is 1. The summed E-state index contributed by atoms with van der Waals surface area (Å²) in [4.78, 5) is 24.7. The molecule has 1 amide bonds. The van der Waals surface area contributed by atoms with E-state index in [4.69, 9.17) is 4.74 Å². The zero-order valence-electron chi connectivity index (χ0n) is 24.0. The summed E-state index contributed by atoms with van der Waals surface area (Å²) in [6.07, 6.45) is 11.9. The Morgan fingerprint density at radius 2 is 1.82 bits per heavy atom. The number of hydrogen-bond donors (Lipinski definition) is 1. The van der Waals surface area contributed by atoms with Gasteiger partial charge in [-0.2, -0.15) is 0 Å². The second-order valence-electron chi connectivity index (χ2n) is 13.0. The number of ether oxygens (including phenoxy) is 1. The summed E-state index contributed by atoms with van der Waals surface area (Å²) in [6.45, 7) is 5.15. The molecule has 5 rings (SSSR count). The highest BCUT2D eigenvalue weighted by Crippen LogP contribution is 2.51. The van der Waals surface area contributed by atoms with E-state index in [-0.39, 0.29) is 23.3 Å². The van der Waals surface area contributed by atoms with Crippen molar-refractivity contribution in [2.45, 2.75) is 89.0 Å². The number of amides is 1. The molecule has 2 aromatic carbocycles. The average molecular weight is 532 g/mol. The molecule has 0 aromatic heterocycles. The molecule has 1 aliphatic heterocycles. The van der Waals surface area contributed by atoms with Crippen LogP contribution in [0.25, 0.3) is 0 Å². The van der Waals surface area contributed by atoms with E-state index < -0.39 is 0 Å². The molecule has 1 unspecified atom stereocenters. The summed E-state index contributed by atoms with van der Waals surface area (Å²) < 4.78 is 6.68. The molecule has 2 saturated carbocycles. The van der Waals surface area contributed by atoms with Gasteiger partial charge in [-0.25, -0.2) is 0 Å². The Hall–Kier alpha value is -2.66. The lowest BCUT2D eigenvalue weighted by atomic mass is 9.57. The highest BCUT2D eigenvalue weighted by Gasteiger charge is 2.53. The first-order valence-electron chi connectivity index (χ1n) is 15.3. The maximum Gasteiger partial charge on any atom is 0.308 e. The van der Waals surface area contributed by atoms with Crippen molar-refractivity contribution in [2.24, 2.45) is 11.8 Å². The van der Waals surface area contributed by atoms with Crippen LogP contribution in [0.3, 0.4) is 0 Å². The minimum atomic E-state index is -0.281. The van der Waals surface area contributed by atoms with Gasteiger partial charge >= 0.3 is 5.97 Å². The Kier molecular flexibility index (Phi) is 8.76. The SMILES string of the molecule is CC(=O)Oc1cccc([C@@]23CC[N@+](C)(CC4CC4)CC2CC[C@@H](NC(=O)CCCCCc2ccccc2)C3)c1. The van der Waals surface area contributed by atoms with Crippen LogP contribution in [0.5, 0.6) is 5.75 Å². The van der Waals surface area contributed by atoms with Crippen LogP contribution in [0.1, 0.15) is 82.3 Å². The van der Waals surface area contributed by atoms with E-state index >= 15 is 0 Å². The molecule has 0 radical (unpaired) electrons. The largest absolute Gasteiger partial charge is 0.427 e. The number of nitrogens with zero attached hydrogens (tertiary/aromatic N) is 1. The smallest absolute Gasteiger partial charge is 0.308 e. The molecule has 5 nitrogen and oxygen atoms in total. The third-order valence-electron chi connectivity index (χ3n) is 9.66. The third-order valence-corrected chi connectivity index (χ3v) is 9.66. The number of carbonyl (C=O) groups is 2. The van der Waals surface area contributed by atoms with Gasteiger partial charge in [-0.3, -0.25) is 9.59 Å². The number of nitrogens with one attached hydrogen (secondary N) is 1. The number of benzene rings is 2. The standard InChI is InChI=1S/C34H46N2O3/c1-26(37)39-32-14-9-13-29(22-32)34-20-21-36(2,24-28-16-17-28)25-30(34)18-19-31(23-34)35-33(38)15-8-4-7-12-27-10-5-3-6-11-27/h3,5-6,9-11,13-14,22,28,30-31H,4,7-8,12,15-21,23-25H2,1-2H3/p+1/t30?,31-,34+,36-/m1/s1. The number of fused-ring (bicyclic) bond motifs is 1. The van der Waals surface area contributed by atoms with E-state index in [1.807, 2.05) is 12.1 Å². The van der Waals surface area contributed by atoms with Gasteiger partial charge in [0, 0.05) is 43.1 Å². The number of quaternary nitrogens is 1. The van der Waals surface area contributed by atoms with Crippen LogP contribution < -0.4 is 10.1 Å². The second-order valence-corrected chi connectivity index (χ2v) is 13.0. The van der Waals surface area contributed by atoms with Gasteiger partial charge in [-0.1, -0.05) is 48.9 Å². The van der Waals surface area contributed by atoms with E-state index in [1.165, 1.54) is 55.0 Å². The van der Waals surface area contributed by atoms with Crippen LogP contribution in [-0.4, -0.2) is 49.1 Å². The first kappa shape index (κ1) is 27.9. The minimum absolute atomic E-state index is 0.0172. The van der Waals surface area contributed by atoms with Crippen molar-refractivity contribution in [2.75, 3.05) is 26.7 Å². The first-order valence-corrected chi connectivity index (χ1v) is 15.3. The topological polar surface area (TPSA) is 55.4 Å². The second kappa shape index (κ2) is 12.2. The van der Waals surface area contributed by atoms with Crippen molar-refractivity contribution in [3.05, 3.63) is 65.7 Å². The normalized spacial score (nSPS) is 28.4. The van der Waals surface area contributed by atoms with Crippen molar-refractivity contribution in [3.63, 3.8) is 0 Å². The average Bonchev–Trinajstić information content (AvgIpc) is 3.72. The molecule has 1 heterocycles. The van der Waals surface area contributed by atoms with Crippen molar-refractivity contribution in [1.82, 2.24) is 5.32 Å². The summed E-state index contributed by atoms with van der Waals surface area (Å²) in [5.41, 5.74) is 2.67. The summed E-state index contributed by atoms with van der Waals surface area (Å²) in [6, 6.07) is 19.0. The predicted molar refractivity (Wildman–Crippen MR) is 155 cm³/mol. The van der Waals surface area contributed by atoms with Gasteiger partial charge in [0.1, 0.15) is 5.75 Å². The van der Waals surface area contributed by atoms with E-state index in [1.54, 1.807) is 0 Å². The van der Waals surface area contributed by atoms with Crippen LogP contribution in [0.2, 0.25) is 0 Å². The molecule has 4 atom stereocenters. The molecule has 39 heavy (non-hydrogen) atoms. The van der Waals surface area contributed by atoms with E-state index in [0.717, 1.165) is 57.3 Å². The van der Waals surface area contributed by atoms with Crippen LogP contribution in [0.4, 0.5) is 0 Å². The van der Waals surface area contributed by atoms with E-state index in [0.29, 0.717) is 18.1 Å². The zero-order chi connectivity index (χ0) is 27.3. The number of rotatable bonds is 11. The molecule has 5 heteroatoms. The van der Waals surface area contributed by atoms with Gasteiger partial charge < -0.3 is 14.5 Å². The molecular formula is C34H47N2O3+. The van der Waals surface area contributed by atoms with Crippen molar-refractivity contribution in [1.29, 1.82) is 0 Å². The van der Waals surface area contributed by atoms with Gasteiger partial charge in [0.15, 0.2) is 0 Å². The van der Waals surface area contributed by atoms with Gasteiger partial charge in [0.05, 0.1) is 26.7 Å². The van der Waals surface area contributed by atoms with E-state index in [2.05, 4.69) is 54.8 Å². The van der Waals surface area contributed by atoms with Crippen LogP contribution >= 0.6 is 0 Å². The molecular weight excluding hydrogens is 484 g/mol. The first-order chi connectivity index (χ1) is 18.8.